The number of carbonyl (C=O) groups excluding carboxylic acids is 3. The van der Waals surface area contributed by atoms with Crippen molar-refractivity contribution in [1.82, 2.24) is 14.7 Å². The van der Waals surface area contributed by atoms with Crippen LogP contribution in [0.5, 0.6) is 0 Å². The quantitative estimate of drug-likeness (QED) is 0.573. The minimum Gasteiger partial charge on any atom is -0.342 e. The van der Waals surface area contributed by atoms with Crippen LogP contribution in [0.15, 0.2) is 30.3 Å². The zero-order chi connectivity index (χ0) is 18.7. The molecule has 0 aromatic heterocycles. The lowest BCUT2D eigenvalue weighted by Crippen LogP contribution is -2.54. The van der Waals surface area contributed by atoms with Gasteiger partial charge in [-0.25, -0.2) is 0 Å². The predicted octanol–water partition coefficient (Wildman–Crippen LogP) is 1.50. The number of benzene rings is 1. The van der Waals surface area contributed by atoms with Gasteiger partial charge in [0.15, 0.2) is 0 Å². The van der Waals surface area contributed by atoms with Crippen molar-refractivity contribution in [2.45, 2.75) is 39.3 Å². The zero-order valence-corrected chi connectivity index (χ0v) is 15.6. The molecule has 6 nitrogen and oxygen atoms in total. The predicted molar refractivity (Wildman–Crippen MR) is 98.0 cm³/mol. The normalized spacial score (nSPS) is 18.6. The third kappa shape index (κ3) is 3.59. The van der Waals surface area contributed by atoms with Crippen LogP contribution in [0.2, 0.25) is 0 Å². The monoisotopic (exact) mass is 357 g/mol. The van der Waals surface area contributed by atoms with E-state index in [1.807, 2.05) is 49.1 Å². The first kappa shape index (κ1) is 18.4. The van der Waals surface area contributed by atoms with Gasteiger partial charge >= 0.3 is 0 Å². The fourth-order valence-corrected chi connectivity index (χ4v) is 3.52. The van der Waals surface area contributed by atoms with Crippen LogP contribution in [0.1, 0.15) is 32.3 Å². The van der Waals surface area contributed by atoms with E-state index in [2.05, 4.69) is 0 Å². The summed E-state index contributed by atoms with van der Waals surface area (Å²) >= 11 is 0. The van der Waals surface area contributed by atoms with Gasteiger partial charge < -0.3 is 14.7 Å². The summed E-state index contributed by atoms with van der Waals surface area (Å²) in [6.45, 7) is 6.59. The van der Waals surface area contributed by atoms with E-state index < -0.39 is 5.41 Å². The molecule has 1 aromatic carbocycles. The van der Waals surface area contributed by atoms with Gasteiger partial charge in [0.05, 0.1) is 0 Å². The van der Waals surface area contributed by atoms with E-state index in [1.54, 1.807) is 9.80 Å². The molecule has 0 atom stereocenters. The van der Waals surface area contributed by atoms with Gasteiger partial charge in [-0.15, -0.1) is 0 Å². The van der Waals surface area contributed by atoms with Crippen LogP contribution >= 0.6 is 0 Å². The molecule has 0 radical (unpaired) electrons. The molecule has 6 heteroatoms. The topological polar surface area (TPSA) is 60.9 Å². The number of rotatable bonds is 6. The number of amides is 3. The van der Waals surface area contributed by atoms with Crippen molar-refractivity contribution in [2.24, 2.45) is 5.41 Å². The van der Waals surface area contributed by atoms with Crippen molar-refractivity contribution in [2.75, 3.05) is 26.2 Å². The number of piperazine rings is 1. The summed E-state index contributed by atoms with van der Waals surface area (Å²) in [6.07, 6.45) is 2.06. The molecule has 3 rings (SSSR count). The van der Waals surface area contributed by atoms with Gasteiger partial charge in [-0.2, -0.15) is 0 Å². The maximum atomic E-state index is 13.3. The molecule has 1 saturated carbocycles. The second-order valence-electron chi connectivity index (χ2n) is 7.53. The van der Waals surface area contributed by atoms with E-state index in [1.165, 1.54) is 0 Å². The Kier molecular flexibility index (Phi) is 5.30. The average Bonchev–Trinajstić information content (AvgIpc) is 3.47. The molecular formula is C20H27N3O3. The van der Waals surface area contributed by atoms with E-state index in [4.69, 9.17) is 0 Å². The molecule has 1 aromatic rings. The Hall–Kier alpha value is -2.37. The van der Waals surface area contributed by atoms with E-state index in [-0.39, 0.29) is 17.9 Å². The lowest BCUT2D eigenvalue weighted by atomic mass is 10.0. The van der Waals surface area contributed by atoms with Gasteiger partial charge in [0.1, 0.15) is 5.41 Å². The molecule has 1 saturated heterocycles. The molecule has 26 heavy (non-hydrogen) atoms. The van der Waals surface area contributed by atoms with Crippen molar-refractivity contribution >= 4 is 18.2 Å². The smallest absolute Gasteiger partial charge is 0.238 e. The first-order valence-corrected chi connectivity index (χ1v) is 9.31. The maximum absolute atomic E-state index is 13.3. The molecule has 3 amide bonds. The molecule has 0 spiro atoms. The number of carbonyl (C=O) groups is 3. The van der Waals surface area contributed by atoms with Gasteiger partial charge in [-0.1, -0.05) is 30.3 Å². The summed E-state index contributed by atoms with van der Waals surface area (Å²) < 4.78 is 0. The van der Waals surface area contributed by atoms with Gasteiger partial charge in [-0.05, 0) is 32.3 Å². The summed E-state index contributed by atoms with van der Waals surface area (Å²) in [4.78, 5) is 42.5. The molecule has 2 fully saturated rings. The van der Waals surface area contributed by atoms with E-state index in [0.717, 1.165) is 12.0 Å². The largest absolute Gasteiger partial charge is 0.342 e. The summed E-state index contributed by atoms with van der Waals surface area (Å²) in [5.74, 6) is -0.120. The second kappa shape index (κ2) is 7.48. The van der Waals surface area contributed by atoms with Crippen LogP contribution in [0.3, 0.4) is 0 Å². The SMILES string of the molecule is CC(C)N(Cc1ccccc1)C(=O)C1(C(=O)N2CCN(C=O)CC2)CC1. The molecular weight excluding hydrogens is 330 g/mol. The molecule has 0 bridgehead atoms. The van der Waals surface area contributed by atoms with Crippen LogP contribution < -0.4 is 0 Å². The lowest BCUT2D eigenvalue weighted by molar-refractivity contribution is -0.152. The first-order valence-electron chi connectivity index (χ1n) is 9.31. The lowest BCUT2D eigenvalue weighted by Gasteiger charge is -2.36. The van der Waals surface area contributed by atoms with Crippen molar-refractivity contribution in [3.63, 3.8) is 0 Å². The molecule has 1 aliphatic heterocycles. The summed E-state index contributed by atoms with van der Waals surface area (Å²) in [5.41, 5.74) is 0.181. The van der Waals surface area contributed by atoms with Crippen LogP contribution in [-0.4, -0.2) is 65.1 Å². The van der Waals surface area contributed by atoms with Crippen molar-refractivity contribution in [3.8, 4) is 0 Å². The van der Waals surface area contributed by atoms with Crippen LogP contribution in [-0.2, 0) is 20.9 Å². The minimum atomic E-state index is -0.887. The number of nitrogens with zero attached hydrogens (tertiary/aromatic N) is 3. The standard InChI is InChI=1S/C20H27N3O3/c1-16(2)23(14-17-6-4-3-5-7-17)19(26)20(8-9-20)18(25)22-12-10-21(15-24)11-13-22/h3-7,15-16H,8-14H2,1-2H3. The Morgan fingerprint density at radius 1 is 1.12 bits per heavy atom. The Morgan fingerprint density at radius 3 is 2.23 bits per heavy atom. The highest BCUT2D eigenvalue weighted by molar-refractivity contribution is 6.08. The molecule has 1 heterocycles. The molecule has 140 valence electrons. The highest BCUT2D eigenvalue weighted by atomic mass is 16.2. The highest BCUT2D eigenvalue weighted by Crippen LogP contribution is 2.49. The van der Waals surface area contributed by atoms with E-state index in [0.29, 0.717) is 45.6 Å². The maximum Gasteiger partial charge on any atom is 0.238 e. The van der Waals surface area contributed by atoms with Gasteiger partial charge in [-0.3, -0.25) is 14.4 Å². The van der Waals surface area contributed by atoms with Gasteiger partial charge in [0, 0.05) is 38.8 Å². The molecule has 1 aliphatic carbocycles. The Bertz CT molecular complexity index is 662. The third-order valence-corrected chi connectivity index (χ3v) is 5.40. The summed E-state index contributed by atoms with van der Waals surface area (Å²) in [7, 11) is 0. The average molecular weight is 357 g/mol. The fraction of sp³-hybridized carbons (Fsp3) is 0.550. The number of hydrogen-bond donors (Lipinski definition) is 0. The van der Waals surface area contributed by atoms with E-state index >= 15 is 0 Å². The Labute approximate surface area is 154 Å². The van der Waals surface area contributed by atoms with Crippen molar-refractivity contribution < 1.29 is 14.4 Å². The van der Waals surface area contributed by atoms with Crippen LogP contribution in [0.4, 0.5) is 0 Å². The molecule has 2 aliphatic rings. The first-order chi connectivity index (χ1) is 12.5. The zero-order valence-electron chi connectivity index (χ0n) is 15.6. The van der Waals surface area contributed by atoms with Crippen molar-refractivity contribution in [1.29, 1.82) is 0 Å². The van der Waals surface area contributed by atoms with Gasteiger partial charge in [0.2, 0.25) is 18.2 Å². The highest BCUT2D eigenvalue weighted by Gasteiger charge is 2.59. The van der Waals surface area contributed by atoms with Crippen LogP contribution in [0.25, 0.3) is 0 Å². The third-order valence-electron chi connectivity index (χ3n) is 5.40. The minimum absolute atomic E-state index is 0.0277. The van der Waals surface area contributed by atoms with Gasteiger partial charge in [0.25, 0.3) is 0 Å². The Balaban J connectivity index is 1.72. The second-order valence-corrected chi connectivity index (χ2v) is 7.53. The number of hydrogen-bond acceptors (Lipinski definition) is 3. The van der Waals surface area contributed by atoms with Crippen molar-refractivity contribution in [3.05, 3.63) is 35.9 Å². The fourth-order valence-electron chi connectivity index (χ4n) is 3.52. The van der Waals surface area contributed by atoms with Crippen LogP contribution in [0, 0.1) is 5.41 Å². The Morgan fingerprint density at radius 2 is 1.73 bits per heavy atom. The van der Waals surface area contributed by atoms with E-state index in [9.17, 15) is 14.4 Å². The summed E-state index contributed by atoms with van der Waals surface area (Å²) in [6, 6.07) is 9.91. The molecule has 0 N–H and O–H groups in total. The molecule has 0 unspecified atom stereocenters. The summed E-state index contributed by atoms with van der Waals surface area (Å²) in [5, 5.41) is 0.